The van der Waals surface area contributed by atoms with Crippen LogP contribution in [0.2, 0.25) is 0 Å². The molecule has 0 aromatic heterocycles. The van der Waals surface area contributed by atoms with Crippen LogP contribution in [0.5, 0.6) is 11.5 Å². The summed E-state index contributed by atoms with van der Waals surface area (Å²) in [7, 11) is 0. The molecule has 1 aromatic carbocycles. The zero-order chi connectivity index (χ0) is 18.7. The largest absolute Gasteiger partial charge is 0.490 e. The molecule has 140 valence electrons. The van der Waals surface area contributed by atoms with E-state index in [1.807, 2.05) is 18.2 Å². The van der Waals surface area contributed by atoms with Crippen molar-refractivity contribution in [3.05, 3.63) is 18.2 Å². The quantitative estimate of drug-likeness (QED) is 0.597. The predicted molar refractivity (Wildman–Crippen MR) is 95.0 cm³/mol. The Balaban J connectivity index is 1.57. The topological polar surface area (TPSA) is 97.0 Å². The highest BCUT2D eigenvalue weighted by Crippen LogP contribution is 2.33. The maximum atomic E-state index is 12.3. The second-order valence-corrected chi connectivity index (χ2v) is 7.29. The molecule has 0 radical (unpaired) electrons. The van der Waals surface area contributed by atoms with Crippen molar-refractivity contribution in [1.29, 1.82) is 0 Å². The van der Waals surface area contributed by atoms with E-state index >= 15 is 0 Å². The van der Waals surface area contributed by atoms with E-state index in [2.05, 4.69) is 10.7 Å². The smallest absolute Gasteiger partial charge is 0.344 e. The van der Waals surface area contributed by atoms with Gasteiger partial charge in [-0.05, 0) is 31.5 Å². The van der Waals surface area contributed by atoms with Crippen LogP contribution in [0.25, 0.3) is 0 Å². The van der Waals surface area contributed by atoms with Gasteiger partial charge in [-0.25, -0.2) is 4.79 Å². The lowest BCUT2D eigenvalue weighted by Crippen LogP contribution is -2.49. The molecule has 2 aliphatic rings. The van der Waals surface area contributed by atoms with Gasteiger partial charge in [0.2, 0.25) is 5.91 Å². The number of nitrogens with one attached hydrogen (secondary N) is 2. The molecule has 1 aromatic rings. The number of carbonyl (C=O) groups excluding carboxylic acids is 3. The van der Waals surface area contributed by atoms with Gasteiger partial charge < -0.3 is 14.8 Å². The average molecular weight is 379 g/mol. The van der Waals surface area contributed by atoms with Crippen molar-refractivity contribution in [2.45, 2.75) is 37.1 Å². The van der Waals surface area contributed by atoms with Crippen LogP contribution < -0.4 is 20.2 Å². The average Bonchev–Trinajstić information content (AvgIpc) is 2.80. The highest BCUT2D eigenvalue weighted by atomic mass is 32.2. The number of carbonyl (C=O) groups is 3. The number of hydrazine groups is 1. The maximum absolute atomic E-state index is 12.3. The van der Waals surface area contributed by atoms with E-state index in [4.69, 9.17) is 9.47 Å². The summed E-state index contributed by atoms with van der Waals surface area (Å²) in [5.74, 6) is 0.500. The van der Waals surface area contributed by atoms with Crippen molar-refractivity contribution in [2.75, 3.05) is 19.0 Å². The highest BCUT2D eigenvalue weighted by molar-refractivity contribution is 8.00. The fourth-order valence-electron chi connectivity index (χ4n) is 2.56. The van der Waals surface area contributed by atoms with Crippen molar-refractivity contribution in [3.8, 4) is 11.5 Å². The Morgan fingerprint density at radius 3 is 2.73 bits per heavy atom. The third-order valence-corrected chi connectivity index (χ3v) is 5.29. The fraction of sp³-hybridized carbons (Fsp3) is 0.471. The zero-order valence-electron chi connectivity index (χ0n) is 14.7. The minimum absolute atomic E-state index is 0.0551. The molecule has 8 nitrogen and oxygen atoms in total. The molecule has 0 aliphatic carbocycles. The Labute approximate surface area is 155 Å². The van der Waals surface area contributed by atoms with Gasteiger partial charge in [-0.15, -0.1) is 11.8 Å². The molecule has 2 heterocycles. The summed E-state index contributed by atoms with van der Waals surface area (Å²) in [5, 5.41) is 3.33. The second kappa shape index (κ2) is 7.45. The monoisotopic (exact) mass is 379 g/mol. The van der Waals surface area contributed by atoms with Gasteiger partial charge in [0, 0.05) is 11.3 Å². The molecule has 0 bridgehead atoms. The molecule has 0 unspecified atom stereocenters. The Hall–Kier alpha value is -2.42. The normalized spacial score (nSPS) is 22.0. The van der Waals surface area contributed by atoms with Crippen LogP contribution in [0.15, 0.2) is 23.1 Å². The predicted octanol–water partition coefficient (Wildman–Crippen LogP) is 1.69. The summed E-state index contributed by atoms with van der Waals surface area (Å²) in [5.41, 5.74) is 1.39. The van der Waals surface area contributed by atoms with E-state index in [1.54, 1.807) is 13.8 Å². The lowest BCUT2D eigenvalue weighted by molar-refractivity contribution is -0.137. The fourth-order valence-corrected chi connectivity index (χ4v) is 3.28. The van der Waals surface area contributed by atoms with E-state index in [1.165, 1.54) is 11.8 Å². The molecule has 2 aliphatic heterocycles. The van der Waals surface area contributed by atoms with Crippen LogP contribution in [0.4, 0.5) is 4.79 Å². The lowest BCUT2D eigenvalue weighted by Gasteiger charge is -2.19. The number of ether oxygens (including phenoxy) is 2. The Morgan fingerprint density at radius 2 is 2.04 bits per heavy atom. The SMILES string of the molecule is CC[C@@]1(C)NC(=O)N(NC(=O)CSc2ccc3c(c2)OCCCO3)C1=O. The third-order valence-electron chi connectivity index (χ3n) is 4.29. The summed E-state index contributed by atoms with van der Waals surface area (Å²) in [6, 6.07) is 4.85. The Bertz CT molecular complexity index is 741. The van der Waals surface area contributed by atoms with Gasteiger partial charge in [-0.3, -0.25) is 15.0 Å². The summed E-state index contributed by atoms with van der Waals surface area (Å²) in [6.45, 7) is 4.63. The second-order valence-electron chi connectivity index (χ2n) is 6.24. The molecular weight excluding hydrogens is 358 g/mol. The number of urea groups is 1. The van der Waals surface area contributed by atoms with Gasteiger partial charge >= 0.3 is 6.03 Å². The van der Waals surface area contributed by atoms with E-state index < -0.39 is 23.4 Å². The number of hydrogen-bond donors (Lipinski definition) is 2. The molecule has 2 N–H and O–H groups in total. The van der Waals surface area contributed by atoms with Crippen molar-refractivity contribution in [3.63, 3.8) is 0 Å². The van der Waals surface area contributed by atoms with E-state index in [0.717, 1.165) is 16.3 Å². The first-order valence-electron chi connectivity index (χ1n) is 8.41. The van der Waals surface area contributed by atoms with E-state index in [0.29, 0.717) is 31.1 Å². The molecule has 4 amide bonds. The Kier molecular flexibility index (Phi) is 5.26. The van der Waals surface area contributed by atoms with Crippen LogP contribution in [-0.4, -0.2) is 47.4 Å². The summed E-state index contributed by atoms with van der Waals surface area (Å²) >= 11 is 1.28. The van der Waals surface area contributed by atoms with Gasteiger partial charge in [0.05, 0.1) is 19.0 Å². The standard InChI is InChI=1S/C17H21N3O5S/c1-3-17(2)15(22)20(16(23)18-17)19-14(21)10-26-11-5-6-12-13(9-11)25-8-4-7-24-12/h5-6,9H,3-4,7-8,10H2,1-2H3,(H,18,23)(H,19,21)/t17-/m1/s1. The number of hydrogen-bond acceptors (Lipinski definition) is 6. The number of imide groups is 1. The summed E-state index contributed by atoms with van der Waals surface area (Å²) in [6.07, 6.45) is 1.26. The minimum atomic E-state index is -0.980. The first kappa shape index (κ1) is 18.4. The molecule has 3 rings (SSSR count). The molecule has 1 atom stereocenters. The Morgan fingerprint density at radius 1 is 1.31 bits per heavy atom. The van der Waals surface area contributed by atoms with Crippen LogP contribution in [-0.2, 0) is 9.59 Å². The molecular formula is C17H21N3O5S. The van der Waals surface area contributed by atoms with Crippen molar-refractivity contribution < 1.29 is 23.9 Å². The number of rotatable bonds is 5. The van der Waals surface area contributed by atoms with Crippen LogP contribution >= 0.6 is 11.8 Å². The van der Waals surface area contributed by atoms with Crippen LogP contribution in [0, 0.1) is 0 Å². The number of thioether (sulfide) groups is 1. The minimum Gasteiger partial charge on any atom is -0.490 e. The maximum Gasteiger partial charge on any atom is 0.344 e. The van der Waals surface area contributed by atoms with E-state index in [9.17, 15) is 14.4 Å². The van der Waals surface area contributed by atoms with Gasteiger partial charge in [0.15, 0.2) is 11.5 Å². The molecule has 26 heavy (non-hydrogen) atoms. The highest BCUT2D eigenvalue weighted by Gasteiger charge is 2.47. The lowest BCUT2D eigenvalue weighted by atomic mass is 10.00. The summed E-state index contributed by atoms with van der Waals surface area (Å²) < 4.78 is 11.2. The molecule has 9 heteroatoms. The van der Waals surface area contributed by atoms with Crippen LogP contribution in [0.1, 0.15) is 26.7 Å². The van der Waals surface area contributed by atoms with Crippen molar-refractivity contribution >= 4 is 29.6 Å². The third kappa shape index (κ3) is 3.72. The number of amides is 4. The first-order chi connectivity index (χ1) is 12.4. The van der Waals surface area contributed by atoms with Gasteiger partial charge in [0.25, 0.3) is 5.91 Å². The van der Waals surface area contributed by atoms with Crippen molar-refractivity contribution in [1.82, 2.24) is 15.8 Å². The van der Waals surface area contributed by atoms with Crippen LogP contribution in [0.3, 0.4) is 0 Å². The molecule has 0 saturated carbocycles. The van der Waals surface area contributed by atoms with Gasteiger partial charge in [-0.2, -0.15) is 5.01 Å². The number of nitrogens with zero attached hydrogens (tertiary/aromatic N) is 1. The number of benzene rings is 1. The zero-order valence-corrected chi connectivity index (χ0v) is 15.5. The first-order valence-corrected chi connectivity index (χ1v) is 9.40. The van der Waals surface area contributed by atoms with Gasteiger partial charge in [0.1, 0.15) is 5.54 Å². The summed E-state index contributed by atoms with van der Waals surface area (Å²) in [4.78, 5) is 37.1. The van der Waals surface area contributed by atoms with E-state index in [-0.39, 0.29) is 5.75 Å². The molecule has 0 spiro atoms. The molecule has 1 saturated heterocycles. The van der Waals surface area contributed by atoms with Gasteiger partial charge in [-0.1, -0.05) is 6.92 Å². The molecule has 1 fully saturated rings. The number of fused-ring (bicyclic) bond motifs is 1. The van der Waals surface area contributed by atoms with Crippen molar-refractivity contribution in [2.24, 2.45) is 0 Å².